The highest BCUT2D eigenvalue weighted by Gasteiger charge is 2.20. The van der Waals surface area contributed by atoms with E-state index in [0.29, 0.717) is 27.9 Å². The van der Waals surface area contributed by atoms with Crippen LogP contribution in [0.1, 0.15) is 40.2 Å². The minimum Gasteiger partial charge on any atom is -0.512 e. The lowest BCUT2D eigenvalue weighted by molar-refractivity contribution is -0.113. The third-order valence-electron chi connectivity index (χ3n) is 4.27. The average Bonchev–Trinajstić information content (AvgIpc) is 2.60. The molecule has 0 unspecified atom stereocenters. The molecule has 0 aliphatic carbocycles. The Kier molecular flexibility index (Phi) is 7.90. The molecule has 0 radical (unpaired) electrons. The Morgan fingerprint density at radius 2 is 1.57 bits per heavy atom. The second-order valence-electron chi connectivity index (χ2n) is 6.49. The molecule has 0 heterocycles. The summed E-state index contributed by atoms with van der Waals surface area (Å²) in [6.45, 7) is 11.9. The van der Waals surface area contributed by atoms with Crippen molar-refractivity contribution in [3.63, 3.8) is 0 Å². The van der Waals surface area contributed by atoms with Gasteiger partial charge in [0.1, 0.15) is 4.90 Å². The quantitative estimate of drug-likeness (QED) is 0.283. The van der Waals surface area contributed by atoms with Gasteiger partial charge in [0.15, 0.2) is 5.78 Å². The summed E-state index contributed by atoms with van der Waals surface area (Å²) in [6.07, 6.45) is 4.84. The molecule has 0 aromatic heterocycles. The molecule has 5 nitrogen and oxygen atoms in total. The van der Waals surface area contributed by atoms with Crippen LogP contribution in [0.5, 0.6) is 0 Å². The third-order valence-corrected chi connectivity index (χ3v) is 5.18. The zero-order chi connectivity index (χ0) is 21.6. The zero-order valence-corrected chi connectivity index (χ0v) is 17.6. The minimum absolute atomic E-state index is 0.123. The Labute approximate surface area is 166 Å². The number of carbonyl (C=O) groups is 1. The molecule has 1 aromatic carbocycles. The third kappa shape index (κ3) is 5.90. The molecule has 0 atom stereocenters. The Morgan fingerprint density at radius 3 is 2.04 bits per heavy atom. The first-order valence-electron chi connectivity index (χ1n) is 8.58. The summed E-state index contributed by atoms with van der Waals surface area (Å²) in [5.41, 5.74) is 2.95. The fourth-order valence-electron chi connectivity index (χ4n) is 2.56. The molecule has 0 bridgehead atoms. The number of ketones is 1. The topological polar surface area (TPSA) is 91.7 Å². The van der Waals surface area contributed by atoms with E-state index < -0.39 is 10.1 Å². The van der Waals surface area contributed by atoms with Crippen LogP contribution in [0.2, 0.25) is 0 Å². The maximum absolute atomic E-state index is 11.9. The highest BCUT2D eigenvalue weighted by molar-refractivity contribution is 7.86. The molecule has 0 aliphatic rings. The van der Waals surface area contributed by atoms with Crippen molar-refractivity contribution in [2.45, 2.75) is 39.5 Å². The molecule has 1 rings (SSSR count). The SMILES string of the molecule is C=CC(/C=C(/C)C(C)=O)=C(/C(C)=C/C(C)=C(\C)O)c1ccccc1S(=O)(=O)O. The number of aliphatic hydroxyl groups excluding tert-OH is 1. The van der Waals surface area contributed by atoms with Gasteiger partial charge in [-0.1, -0.05) is 36.9 Å². The molecule has 2 N–H and O–H groups in total. The van der Waals surface area contributed by atoms with Gasteiger partial charge >= 0.3 is 0 Å². The Balaban J connectivity index is 4.05. The van der Waals surface area contributed by atoms with E-state index >= 15 is 0 Å². The smallest absolute Gasteiger partial charge is 0.295 e. The number of hydrogen-bond acceptors (Lipinski definition) is 4. The predicted molar refractivity (Wildman–Crippen MR) is 113 cm³/mol. The van der Waals surface area contributed by atoms with Gasteiger partial charge in [-0.05, 0) is 74.6 Å². The van der Waals surface area contributed by atoms with Crippen molar-refractivity contribution < 1.29 is 22.9 Å². The summed E-state index contributed by atoms with van der Waals surface area (Å²) in [5, 5.41) is 9.73. The van der Waals surface area contributed by atoms with Crippen LogP contribution in [-0.4, -0.2) is 23.9 Å². The van der Waals surface area contributed by atoms with E-state index in [9.17, 15) is 22.9 Å². The second-order valence-corrected chi connectivity index (χ2v) is 7.87. The number of rotatable bonds is 7. The normalized spacial score (nSPS) is 14.9. The molecule has 1 aromatic rings. The van der Waals surface area contributed by atoms with Crippen LogP contribution in [0, 0.1) is 0 Å². The number of hydrogen-bond donors (Lipinski definition) is 2. The first-order chi connectivity index (χ1) is 12.9. The molecular formula is C22H26O5S. The van der Waals surface area contributed by atoms with Crippen molar-refractivity contribution in [1.29, 1.82) is 0 Å². The van der Waals surface area contributed by atoms with E-state index in [0.717, 1.165) is 0 Å². The number of allylic oxidation sites excluding steroid dienone is 9. The van der Waals surface area contributed by atoms with Crippen molar-refractivity contribution in [3.05, 3.63) is 82.7 Å². The molecule has 28 heavy (non-hydrogen) atoms. The van der Waals surface area contributed by atoms with E-state index in [2.05, 4.69) is 6.58 Å². The molecule has 0 amide bonds. The Hall–Kier alpha value is -2.70. The van der Waals surface area contributed by atoms with Crippen molar-refractivity contribution >= 4 is 21.5 Å². The van der Waals surface area contributed by atoms with Gasteiger partial charge in [0.25, 0.3) is 10.1 Å². The summed E-state index contributed by atoms with van der Waals surface area (Å²) in [4.78, 5) is 11.4. The van der Waals surface area contributed by atoms with E-state index in [4.69, 9.17) is 0 Å². The van der Waals surface area contributed by atoms with Crippen LogP contribution in [0.3, 0.4) is 0 Å². The van der Waals surface area contributed by atoms with Gasteiger partial charge in [-0.2, -0.15) is 8.42 Å². The highest BCUT2D eigenvalue weighted by Crippen LogP contribution is 2.33. The first-order valence-corrected chi connectivity index (χ1v) is 10.0. The maximum Gasteiger partial charge on any atom is 0.295 e. The number of aliphatic hydroxyl groups is 1. The lowest BCUT2D eigenvalue weighted by atomic mass is 9.91. The lowest BCUT2D eigenvalue weighted by Crippen LogP contribution is -2.05. The van der Waals surface area contributed by atoms with Crippen molar-refractivity contribution in [1.82, 2.24) is 0 Å². The van der Waals surface area contributed by atoms with Crippen LogP contribution >= 0.6 is 0 Å². The van der Waals surface area contributed by atoms with Gasteiger partial charge in [0, 0.05) is 5.56 Å². The van der Waals surface area contributed by atoms with Gasteiger partial charge in [-0.15, -0.1) is 0 Å². The molecule has 0 fully saturated rings. The van der Waals surface area contributed by atoms with Crippen LogP contribution in [0.25, 0.3) is 5.57 Å². The summed E-state index contributed by atoms with van der Waals surface area (Å²) in [6, 6.07) is 6.04. The fraction of sp³-hybridized carbons (Fsp3) is 0.227. The summed E-state index contributed by atoms with van der Waals surface area (Å²) in [7, 11) is -4.49. The van der Waals surface area contributed by atoms with E-state index in [1.165, 1.54) is 25.1 Å². The highest BCUT2D eigenvalue weighted by atomic mass is 32.2. The van der Waals surface area contributed by atoms with Gasteiger partial charge < -0.3 is 5.11 Å². The average molecular weight is 403 g/mol. The van der Waals surface area contributed by atoms with Gasteiger partial charge in [-0.25, -0.2) is 0 Å². The summed E-state index contributed by atoms with van der Waals surface area (Å²) >= 11 is 0. The summed E-state index contributed by atoms with van der Waals surface area (Å²) in [5.74, 6) is -0.0111. The molecular weight excluding hydrogens is 376 g/mol. The van der Waals surface area contributed by atoms with Crippen LogP contribution < -0.4 is 0 Å². The van der Waals surface area contributed by atoms with Crippen molar-refractivity contribution in [2.24, 2.45) is 0 Å². The first kappa shape index (κ1) is 23.3. The van der Waals surface area contributed by atoms with Crippen molar-refractivity contribution in [2.75, 3.05) is 0 Å². The molecule has 0 saturated carbocycles. The number of Topliss-reactive ketones (excluding diaryl/α,β-unsaturated/α-hetero) is 1. The second kappa shape index (κ2) is 9.48. The molecule has 0 saturated heterocycles. The van der Waals surface area contributed by atoms with E-state index in [1.54, 1.807) is 52.0 Å². The zero-order valence-electron chi connectivity index (χ0n) is 16.8. The maximum atomic E-state index is 11.9. The van der Waals surface area contributed by atoms with Gasteiger partial charge in [0.05, 0.1) is 5.76 Å². The predicted octanol–water partition coefficient (Wildman–Crippen LogP) is 5.21. The molecule has 0 spiro atoms. The molecule has 0 aliphatic heterocycles. The lowest BCUT2D eigenvalue weighted by Gasteiger charge is -2.16. The minimum atomic E-state index is -4.49. The van der Waals surface area contributed by atoms with E-state index in [1.807, 2.05) is 0 Å². The largest absolute Gasteiger partial charge is 0.512 e. The van der Waals surface area contributed by atoms with Crippen LogP contribution in [0.15, 0.2) is 82.0 Å². The molecule has 6 heteroatoms. The number of benzene rings is 1. The van der Waals surface area contributed by atoms with Gasteiger partial charge in [0.2, 0.25) is 0 Å². The standard InChI is InChI=1S/C22H26O5S/c1-7-19(13-15(3)18(6)24)22(16(4)12-14(2)17(5)23)20-10-8-9-11-21(20)28(25,26)27/h7-13,23H,1H2,2-6H3,(H,25,26,27)/b15-13-,16-12+,17-14+,22-19+. The Bertz CT molecular complexity index is 1010. The van der Waals surface area contributed by atoms with E-state index in [-0.39, 0.29) is 22.0 Å². The monoisotopic (exact) mass is 402 g/mol. The van der Waals surface area contributed by atoms with Crippen LogP contribution in [0.4, 0.5) is 0 Å². The fourth-order valence-corrected chi connectivity index (χ4v) is 3.26. The van der Waals surface area contributed by atoms with Crippen molar-refractivity contribution in [3.8, 4) is 0 Å². The Morgan fingerprint density at radius 1 is 1.00 bits per heavy atom. The molecule has 150 valence electrons. The summed E-state index contributed by atoms with van der Waals surface area (Å²) < 4.78 is 33.5. The van der Waals surface area contributed by atoms with Crippen LogP contribution in [-0.2, 0) is 14.9 Å². The van der Waals surface area contributed by atoms with Gasteiger partial charge in [-0.3, -0.25) is 9.35 Å². The number of carbonyl (C=O) groups excluding carboxylic acids is 1.